The molecule has 0 spiro atoms. The van der Waals surface area contributed by atoms with Crippen LogP contribution in [0.1, 0.15) is 6.92 Å². The zero-order valence-corrected chi connectivity index (χ0v) is 6.85. The summed E-state index contributed by atoms with van der Waals surface area (Å²) in [6, 6.07) is 0. The first kappa shape index (κ1) is 10.7. The summed E-state index contributed by atoms with van der Waals surface area (Å²) in [7, 11) is 1.78. The molecular formula is C4H12BrN3. The molecule has 0 fully saturated rings. The Morgan fingerprint density at radius 1 is 1.75 bits per heavy atom. The molecule has 50 valence electrons. The summed E-state index contributed by atoms with van der Waals surface area (Å²) in [6.07, 6.45) is 0. The Balaban J connectivity index is 0. The molecule has 0 heterocycles. The number of hydrogen-bond acceptors (Lipinski definition) is 1. The van der Waals surface area contributed by atoms with E-state index in [0.29, 0.717) is 0 Å². The Kier molecular flexibility index (Phi) is 6.54. The van der Waals surface area contributed by atoms with Crippen LogP contribution in [-0.4, -0.2) is 24.5 Å². The van der Waals surface area contributed by atoms with Crippen LogP contribution in [0.5, 0.6) is 0 Å². The van der Waals surface area contributed by atoms with Crippen molar-refractivity contribution in [3.63, 3.8) is 0 Å². The molecule has 0 saturated heterocycles. The van der Waals surface area contributed by atoms with Gasteiger partial charge in [0.25, 0.3) is 0 Å². The summed E-state index contributed by atoms with van der Waals surface area (Å²) >= 11 is 0. The summed E-state index contributed by atoms with van der Waals surface area (Å²) < 4.78 is 0. The Morgan fingerprint density at radius 2 is 2.12 bits per heavy atom. The van der Waals surface area contributed by atoms with Gasteiger partial charge in [0, 0.05) is 13.6 Å². The Morgan fingerprint density at radius 3 is 2.12 bits per heavy atom. The van der Waals surface area contributed by atoms with Crippen LogP contribution in [0, 0.1) is 5.41 Å². The summed E-state index contributed by atoms with van der Waals surface area (Å²) in [5.41, 5.74) is 5.06. The first-order valence-corrected chi connectivity index (χ1v) is 2.23. The molecule has 0 radical (unpaired) electrons. The maximum atomic E-state index is 6.80. The molecule has 0 rings (SSSR count). The van der Waals surface area contributed by atoms with Crippen LogP contribution in [0.2, 0.25) is 0 Å². The minimum atomic E-state index is 0. The lowest BCUT2D eigenvalue weighted by molar-refractivity contribution is 0.525. The Hall–Kier alpha value is -0.250. The van der Waals surface area contributed by atoms with Gasteiger partial charge in [-0.3, -0.25) is 5.41 Å². The molecule has 0 atom stereocenters. The normalized spacial score (nSPS) is 7.25. The van der Waals surface area contributed by atoms with E-state index in [-0.39, 0.29) is 22.9 Å². The van der Waals surface area contributed by atoms with Gasteiger partial charge in [-0.25, -0.2) is 0 Å². The summed E-state index contributed by atoms with van der Waals surface area (Å²) in [5, 5.41) is 6.80. The zero-order chi connectivity index (χ0) is 5.86. The van der Waals surface area contributed by atoms with Gasteiger partial charge >= 0.3 is 0 Å². The fraction of sp³-hybridized carbons (Fsp3) is 0.750. The van der Waals surface area contributed by atoms with Crippen molar-refractivity contribution in [1.82, 2.24) is 4.90 Å². The van der Waals surface area contributed by atoms with Crippen LogP contribution in [0.15, 0.2) is 0 Å². The molecule has 0 bridgehead atoms. The molecule has 3 N–H and O–H groups in total. The molecule has 0 saturated carbocycles. The third-order valence-electron chi connectivity index (χ3n) is 0.886. The van der Waals surface area contributed by atoms with Crippen molar-refractivity contribution in [2.24, 2.45) is 5.73 Å². The lowest BCUT2D eigenvalue weighted by Crippen LogP contribution is -2.32. The SMILES string of the molecule is Br.CCN(C)C(=N)N. The molecule has 4 heteroatoms. The highest BCUT2D eigenvalue weighted by molar-refractivity contribution is 8.93. The van der Waals surface area contributed by atoms with Crippen LogP contribution in [0.4, 0.5) is 0 Å². The largest absolute Gasteiger partial charge is 0.370 e. The monoisotopic (exact) mass is 181 g/mol. The number of guanidine groups is 1. The number of rotatable bonds is 1. The van der Waals surface area contributed by atoms with Gasteiger partial charge in [0.15, 0.2) is 5.96 Å². The van der Waals surface area contributed by atoms with Crippen LogP contribution < -0.4 is 5.73 Å². The van der Waals surface area contributed by atoms with Gasteiger partial charge in [-0.15, -0.1) is 17.0 Å². The van der Waals surface area contributed by atoms with Gasteiger partial charge < -0.3 is 10.6 Å². The minimum absolute atomic E-state index is 0. The van der Waals surface area contributed by atoms with E-state index in [2.05, 4.69) is 0 Å². The van der Waals surface area contributed by atoms with Crippen molar-refractivity contribution in [3.05, 3.63) is 0 Å². The molecule has 0 unspecified atom stereocenters. The average Bonchev–Trinajstić information content (AvgIpc) is 1.65. The first-order valence-electron chi connectivity index (χ1n) is 2.23. The highest BCUT2D eigenvalue weighted by atomic mass is 79.9. The van der Waals surface area contributed by atoms with E-state index in [1.807, 2.05) is 6.92 Å². The smallest absolute Gasteiger partial charge is 0.188 e. The summed E-state index contributed by atoms with van der Waals surface area (Å²) in [5.74, 6) is 0.127. The molecule has 0 aromatic carbocycles. The third kappa shape index (κ3) is 3.92. The molecule has 0 aromatic heterocycles. The van der Waals surface area contributed by atoms with E-state index >= 15 is 0 Å². The van der Waals surface area contributed by atoms with Gasteiger partial charge in [0.1, 0.15) is 0 Å². The van der Waals surface area contributed by atoms with Crippen molar-refractivity contribution in [1.29, 1.82) is 5.41 Å². The van der Waals surface area contributed by atoms with Gasteiger partial charge in [-0.2, -0.15) is 0 Å². The van der Waals surface area contributed by atoms with Gasteiger partial charge in [0.05, 0.1) is 0 Å². The lowest BCUT2D eigenvalue weighted by atomic mass is 10.6. The van der Waals surface area contributed by atoms with Crippen LogP contribution in [0.25, 0.3) is 0 Å². The second-order valence-electron chi connectivity index (χ2n) is 1.40. The first-order chi connectivity index (χ1) is 3.18. The number of nitrogens with zero attached hydrogens (tertiary/aromatic N) is 1. The fourth-order valence-corrected chi connectivity index (χ4v) is 0.170. The standard InChI is InChI=1S/C4H11N3.BrH/c1-3-7(2)4(5)6;/h3H2,1-2H3,(H3,5,6);1H. The molecule has 0 aromatic rings. The summed E-state index contributed by atoms with van der Waals surface area (Å²) in [4.78, 5) is 1.65. The highest BCUT2D eigenvalue weighted by Gasteiger charge is 1.89. The van der Waals surface area contributed by atoms with E-state index in [0.717, 1.165) is 6.54 Å². The van der Waals surface area contributed by atoms with Crippen molar-refractivity contribution in [3.8, 4) is 0 Å². The Labute approximate surface area is 60.1 Å². The number of nitrogens with two attached hydrogens (primary N) is 1. The number of hydrogen-bond donors (Lipinski definition) is 2. The van der Waals surface area contributed by atoms with E-state index < -0.39 is 0 Å². The molecule has 3 nitrogen and oxygen atoms in total. The molecule has 0 aliphatic rings. The Bertz CT molecular complexity index is 73.7. The molecule has 8 heavy (non-hydrogen) atoms. The fourth-order valence-electron chi connectivity index (χ4n) is 0.170. The van der Waals surface area contributed by atoms with Gasteiger partial charge in [-0.05, 0) is 6.92 Å². The maximum Gasteiger partial charge on any atom is 0.188 e. The average molecular weight is 182 g/mol. The van der Waals surface area contributed by atoms with Gasteiger partial charge in [-0.1, -0.05) is 0 Å². The third-order valence-corrected chi connectivity index (χ3v) is 0.886. The maximum absolute atomic E-state index is 6.80. The van der Waals surface area contributed by atoms with E-state index in [1.165, 1.54) is 0 Å². The van der Waals surface area contributed by atoms with E-state index in [1.54, 1.807) is 11.9 Å². The van der Waals surface area contributed by atoms with Crippen molar-refractivity contribution in [2.45, 2.75) is 6.92 Å². The van der Waals surface area contributed by atoms with Crippen LogP contribution >= 0.6 is 17.0 Å². The predicted molar refractivity (Wildman–Crippen MR) is 40.5 cm³/mol. The van der Waals surface area contributed by atoms with Gasteiger partial charge in [0.2, 0.25) is 0 Å². The second-order valence-corrected chi connectivity index (χ2v) is 1.40. The van der Waals surface area contributed by atoms with Crippen LogP contribution in [-0.2, 0) is 0 Å². The number of nitrogens with one attached hydrogen (secondary N) is 1. The highest BCUT2D eigenvalue weighted by Crippen LogP contribution is 1.73. The molecular weight excluding hydrogens is 170 g/mol. The number of halogens is 1. The lowest BCUT2D eigenvalue weighted by Gasteiger charge is -2.11. The van der Waals surface area contributed by atoms with Crippen LogP contribution in [0.3, 0.4) is 0 Å². The van der Waals surface area contributed by atoms with Crippen molar-refractivity contribution < 1.29 is 0 Å². The minimum Gasteiger partial charge on any atom is -0.370 e. The van der Waals surface area contributed by atoms with Crippen molar-refractivity contribution in [2.75, 3.05) is 13.6 Å². The van der Waals surface area contributed by atoms with E-state index in [9.17, 15) is 0 Å². The second kappa shape index (κ2) is 4.90. The molecule has 0 aliphatic heterocycles. The summed E-state index contributed by atoms with van der Waals surface area (Å²) in [6.45, 7) is 2.75. The molecule has 0 aliphatic carbocycles. The van der Waals surface area contributed by atoms with E-state index in [4.69, 9.17) is 11.1 Å². The predicted octanol–water partition coefficient (Wildman–Crippen LogP) is 0.409. The topological polar surface area (TPSA) is 53.1 Å². The van der Waals surface area contributed by atoms with Crippen molar-refractivity contribution >= 4 is 22.9 Å². The zero-order valence-electron chi connectivity index (χ0n) is 5.14. The molecule has 0 amide bonds. The quantitative estimate of drug-likeness (QED) is 0.455.